The average molecular weight is 299 g/mol. The molecule has 1 heterocycles. The van der Waals surface area contributed by atoms with Crippen LogP contribution in [0.3, 0.4) is 0 Å². The molecule has 0 radical (unpaired) electrons. The zero-order valence-corrected chi connectivity index (χ0v) is 13.6. The fraction of sp³-hybridized carbons (Fsp3) is 0.800. The van der Waals surface area contributed by atoms with Crippen LogP contribution in [0, 0.1) is 0 Å². The standard InChI is InChI=1S/C15H29N3O3/c1-6-13(19)16-18(7-2)12-8-10-17(11-9-12)14(20)21-15(3,4)5/h7,12-13,16,19H,2,6,8-11H2,1,3-5H3. The van der Waals surface area contributed by atoms with Crippen molar-refractivity contribution in [3.8, 4) is 0 Å². The highest BCUT2D eigenvalue weighted by atomic mass is 16.6. The first-order chi connectivity index (χ1) is 9.76. The van der Waals surface area contributed by atoms with Crippen molar-refractivity contribution in [2.45, 2.75) is 64.8 Å². The van der Waals surface area contributed by atoms with E-state index in [0.717, 1.165) is 12.8 Å². The molecule has 1 saturated heterocycles. The molecule has 0 saturated carbocycles. The van der Waals surface area contributed by atoms with Gasteiger partial charge in [-0.25, -0.2) is 10.2 Å². The molecule has 1 aliphatic heterocycles. The maximum Gasteiger partial charge on any atom is 0.410 e. The van der Waals surface area contributed by atoms with E-state index in [4.69, 9.17) is 4.74 Å². The largest absolute Gasteiger partial charge is 0.444 e. The number of hydrazine groups is 1. The summed E-state index contributed by atoms with van der Waals surface area (Å²) in [6.45, 7) is 12.6. The summed E-state index contributed by atoms with van der Waals surface area (Å²) in [4.78, 5) is 13.7. The van der Waals surface area contributed by atoms with Crippen LogP contribution in [0.25, 0.3) is 0 Å². The summed E-state index contributed by atoms with van der Waals surface area (Å²) in [7, 11) is 0. The van der Waals surface area contributed by atoms with Gasteiger partial charge in [0.2, 0.25) is 0 Å². The molecular weight excluding hydrogens is 270 g/mol. The number of nitrogens with one attached hydrogen (secondary N) is 1. The van der Waals surface area contributed by atoms with Crippen molar-refractivity contribution in [2.75, 3.05) is 13.1 Å². The fourth-order valence-electron chi connectivity index (χ4n) is 2.22. The molecule has 0 spiro atoms. The van der Waals surface area contributed by atoms with Crippen LogP contribution in [-0.2, 0) is 4.74 Å². The Balaban J connectivity index is 2.47. The number of aliphatic hydroxyl groups is 1. The third-order valence-electron chi connectivity index (χ3n) is 3.39. The third kappa shape index (κ3) is 5.93. The summed E-state index contributed by atoms with van der Waals surface area (Å²) in [6.07, 6.45) is 3.11. The average Bonchev–Trinajstić information content (AvgIpc) is 2.42. The Morgan fingerprint density at radius 1 is 1.52 bits per heavy atom. The van der Waals surface area contributed by atoms with Gasteiger partial charge in [-0.3, -0.25) is 0 Å². The number of amides is 1. The molecule has 1 amide bonds. The molecule has 6 nitrogen and oxygen atoms in total. The van der Waals surface area contributed by atoms with Crippen molar-refractivity contribution in [1.82, 2.24) is 15.3 Å². The molecule has 1 rings (SSSR count). The lowest BCUT2D eigenvalue weighted by atomic mass is 10.1. The summed E-state index contributed by atoms with van der Waals surface area (Å²) < 4.78 is 5.38. The minimum atomic E-state index is -0.577. The van der Waals surface area contributed by atoms with Gasteiger partial charge in [0.05, 0.1) is 0 Å². The first kappa shape index (κ1) is 17.8. The first-order valence-corrected chi connectivity index (χ1v) is 7.60. The van der Waals surface area contributed by atoms with Crippen molar-refractivity contribution < 1.29 is 14.6 Å². The van der Waals surface area contributed by atoms with Crippen LogP contribution >= 0.6 is 0 Å². The molecule has 0 aromatic carbocycles. The normalized spacial score (nSPS) is 18.2. The highest BCUT2D eigenvalue weighted by Gasteiger charge is 2.29. The first-order valence-electron chi connectivity index (χ1n) is 7.60. The van der Waals surface area contributed by atoms with Gasteiger partial charge >= 0.3 is 6.09 Å². The Kier molecular flexibility index (Phi) is 6.48. The molecule has 1 atom stereocenters. The number of carbonyl (C=O) groups is 1. The van der Waals surface area contributed by atoms with E-state index in [1.807, 2.05) is 32.7 Å². The Bertz CT molecular complexity index is 347. The number of hydrogen-bond acceptors (Lipinski definition) is 5. The smallest absolute Gasteiger partial charge is 0.410 e. The van der Waals surface area contributed by atoms with E-state index in [9.17, 15) is 9.90 Å². The molecule has 6 heteroatoms. The van der Waals surface area contributed by atoms with Gasteiger partial charge in [0.1, 0.15) is 11.8 Å². The molecule has 122 valence electrons. The van der Waals surface area contributed by atoms with Gasteiger partial charge in [-0.15, -0.1) is 0 Å². The number of rotatable bonds is 5. The SMILES string of the molecule is C=CN(NC(O)CC)C1CCN(C(=O)OC(C)(C)C)CC1. The monoisotopic (exact) mass is 299 g/mol. The van der Waals surface area contributed by atoms with Crippen LogP contribution in [0.1, 0.15) is 47.0 Å². The molecule has 0 aromatic heterocycles. The van der Waals surface area contributed by atoms with Crippen LogP contribution in [0.5, 0.6) is 0 Å². The molecule has 0 aromatic rings. The quantitative estimate of drug-likeness (QED) is 0.601. The summed E-state index contributed by atoms with van der Waals surface area (Å²) in [5, 5.41) is 11.5. The Hall–Kier alpha value is -1.27. The number of hydrogen-bond donors (Lipinski definition) is 2. The van der Waals surface area contributed by atoms with Crippen LogP contribution in [0.2, 0.25) is 0 Å². The summed E-state index contributed by atoms with van der Waals surface area (Å²) >= 11 is 0. The minimum Gasteiger partial charge on any atom is -0.444 e. The zero-order chi connectivity index (χ0) is 16.0. The van der Waals surface area contributed by atoms with Crippen molar-refractivity contribution >= 4 is 6.09 Å². The lowest BCUT2D eigenvalue weighted by Gasteiger charge is -2.39. The topological polar surface area (TPSA) is 65.0 Å². The maximum absolute atomic E-state index is 12.0. The van der Waals surface area contributed by atoms with Gasteiger partial charge in [0, 0.05) is 25.3 Å². The van der Waals surface area contributed by atoms with Crippen LogP contribution in [0.4, 0.5) is 4.79 Å². The van der Waals surface area contributed by atoms with Crippen molar-refractivity contribution in [3.05, 3.63) is 12.8 Å². The Labute approximate surface area is 127 Å². The maximum atomic E-state index is 12.0. The predicted octanol–water partition coefficient (Wildman–Crippen LogP) is 2.06. The lowest BCUT2D eigenvalue weighted by Crippen LogP contribution is -2.52. The van der Waals surface area contributed by atoms with Gasteiger partial charge in [-0.1, -0.05) is 13.5 Å². The van der Waals surface area contributed by atoms with E-state index in [1.165, 1.54) is 0 Å². The van der Waals surface area contributed by atoms with Gasteiger partial charge in [0.15, 0.2) is 0 Å². The van der Waals surface area contributed by atoms with Crippen LogP contribution in [0.15, 0.2) is 12.8 Å². The van der Waals surface area contributed by atoms with Crippen molar-refractivity contribution in [3.63, 3.8) is 0 Å². The second-order valence-corrected chi connectivity index (χ2v) is 6.34. The van der Waals surface area contributed by atoms with E-state index in [2.05, 4.69) is 12.0 Å². The summed E-state index contributed by atoms with van der Waals surface area (Å²) in [6, 6.07) is 0.224. The molecule has 0 bridgehead atoms. The van der Waals surface area contributed by atoms with Gasteiger partial charge in [0.25, 0.3) is 0 Å². The molecule has 1 unspecified atom stereocenters. The van der Waals surface area contributed by atoms with E-state index >= 15 is 0 Å². The number of nitrogens with zero attached hydrogens (tertiary/aromatic N) is 2. The summed E-state index contributed by atoms with van der Waals surface area (Å²) in [5.74, 6) is 0. The number of piperidine rings is 1. The van der Waals surface area contributed by atoms with E-state index < -0.39 is 11.8 Å². The Morgan fingerprint density at radius 3 is 2.52 bits per heavy atom. The Morgan fingerprint density at radius 2 is 2.10 bits per heavy atom. The summed E-state index contributed by atoms with van der Waals surface area (Å²) in [5.41, 5.74) is 2.54. The highest BCUT2D eigenvalue weighted by Crippen LogP contribution is 2.18. The molecule has 1 aliphatic rings. The number of ether oxygens (including phenoxy) is 1. The van der Waals surface area contributed by atoms with Crippen molar-refractivity contribution in [1.29, 1.82) is 0 Å². The number of aliphatic hydroxyl groups excluding tert-OH is 1. The second-order valence-electron chi connectivity index (χ2n) is 6.34. The predicted molar refractivity (Wildman–Crippen MR) is 82.3 cm³/mol. The molecule has 21 heavy (non-hydrogen) atoms. The van der Waals surface area contributed by atoms with Crippen LogP contribution in [-0.4, -0.2) is 52.1 Å². The van der Waals surface area contributed by atoms with Gasteiger partial charge < -0.3 is 19.8 Å². The molecular formula is C15H29N3O3. The molecule has 1 fully saturated rings. The fourth-order valence-corrected chi connectivity index (χ4v) is 2.22. The second kappa shape index (κ2) is 7.66. The minimum absolute atomic E-state index is 0.224. The number of likely N-dealkylation sites (tertiary alicyclic amines) is 1. The highest BCUT2D eigenvalue weighted by molar-refractivity contribution is 5.68. The van der Waals surface area contributed by atoms with Gasteiger partial charge in [-0.2, -0.15) is 0 Å². The van der Waals surface area contributed by atoms with E-state index in [-0.39, 0.29) is 12.1 Å². The van der Waals surface area contributed by atoms with Gasteiger partial charge in [-0.05, 0) is 40.0 Å². The lowest BCUT2D eigenvalue weighted by molar-refractivity contribution is 0.000761. The molecule has 2 N–H and O–H groups in total. The van der Waals surface area contributed by atoms with E-state index in [1.54, 1.807) is 11.1 Å². The van der Waals surface area contributed by atoms with E-state index in [0.29, 0.717) is 19.5 Å². The van der Waals surface area contributed by atoms with Crippen molar-refractivity contribution in [2.24, 2.45) is 0 Å². The van der Waals surface area contributed by atoms with Crippen LogP contribution < -0.4 is 5.43 Å². The number of carbonyl (C=O) groups excluding carboxylic acids is 1. The third-order valence-corrected chi connectivity index (χ3v) is 3.39. The zero-order valence-electron chi connectivity index (χ0n) is 13.6. The molecule has 0 aliphatic carbocycles.